The van der Waals surface area contributed by atoms with Gasteiger partial charge >= 0.3 is 0 Å². The van der Waals surface area contributed by atoms with Crippen molar-refractivity contribution in [1.82, 2.24) is 24.6 Å². The molecule has 2 rings (SSSR count). The fraction of sp³-hybridized carbons (Fsp3) is 0.400. The molecule has 0 bridgehead atoms. The normalized spacial score (nSPS) is 10.5. The molecule has 0 aromatic carbocycles. The molecule has 0 fully saturated rings. The molecule has 7 nitrogen and oxygen atoms in total. The number of nitrogens with zero attached hydrogens (tertiary/aromatic N) is 5. The Hall–Kier alpha value is -2.18. The predicted octanol–water partition coefficient (Wildman–Crippen LogP) is -0.137. The van der Waals surface area contributed by atoms with E-state index in [-0.39, 0.29) is 12.5 Å². The van der Waals surface area contributed by atoms with Crippen LogP contribution in [0.3, 0.4) is 0 Å². The molecule has 90 valence electrons. The van der Waals surface area contributed by atoms with Gasteiger partial charge in [0, 0.05) is 21.1 Å². The average molecular weight is 234 g/mol. The highest BCUT2D eigenvalue weighted by atomic mass is 16.2. The third-order valence-corrected chi connectivity index (χ3v) is 2.44. The number of likely N-dealkylation sites (N-methyl/N-ethyl adjacent to an activating group) is 1. The number of hydrogen-bond donors (Lipinski definition) is 1. The van der Waals surface area contributed by atoms with Crippen LogP contribution in [0.25, 0.3) is 11.0 Å². The molecule has 0 spiro atoms. The number of nitrogens with one attached hydrogen (secondary N) is 1. The van der Waals surface area contributed by atoms with Gasteiger partial charge in [-0.25, -0.2) is 9.97 Å². The van der Waals surface area contributed by atoms with Crippen molar-refractivity contribution in [3.63, 3.8) is 0 Å². The van der Waals surface area contributed by atoms with Crippen LogP contribution in [0, 0.1) is 0 Å². The van der Waals surface area contributed by atoms with Crippen LogP contribution in [-0.2, 0) is 11.8 Å². The van der Waals surface area contributed by atoms with Gasteiger partial charge in [-0.05, 0) is 0 Å². The van der Waals surface area contributed by atoms with Crippen molar-refractivity contribution >= 4 is 22.8 Å². The third-order valence-electron chi connectivity index (χ3n) is 2.44. The van der Waals surface area contributed by atoms with Crippen LogP contribution >= 0.6 is 0 Å². The topological polar surface area (TPSA) is 75.9 Å². The van der Waals surface area contributed by atoms with E-state index < -0.39 is 0 Å². The van der Waals surface area contributed by atoms with Gasteiger partial charge in [0.25, 0.3) is 0 Å². The van der Waals surface area contributed by atoms with Gasteiger partial charge in [-0.15, -0.1) is 0 Å². The van der Waals surface area contributed by atoms with Crippen LogP contribution in [0.15, 0.2) is 12.5 Å². The second-order valence-corrected chi connectivity index (χ2v) is 3.87. The number of aryl methyl sites for hydroxylation is 1. The quantitative estimate of drug-likeness (QED) is 0.800. The molecule has 17 heavy (non-hydrogen) atoms. The third kappa shape index (κ3) is 2.17. The Bertz CT molecular complexity index is 547. The molecule has 1 amide bonds. The van der Waals surface area contributed by atoms with Crippen molar-refractivity contribution in [2.24, 2.45) is 7.05 Å². The van der Waals surface area contributed by atoms with Crippen molar-refractivity contribution in [2.45, 2.75) is 0 Å². The molecule has 1 N–H and O–H groups in total. The average Bonchev–Trinajstić information content (AvgIpc) is 2.69. The number of hydrogen-bond acceptors (Lipinski definition) is 5. The Morgan fingerprint density at radius 3 is 2.94 bits per heavy atom. The van der Waals surface area contributed by atoms with Gasteiger partial charge in [0.15, 0.2) is 5.65 Å². The lowest BCUT2D eigenvalue weighted by atomic mass is 10.4. The molecule has 0 atom stereocenters. The lowest BCUT2D eigenvalue weighted by molar-refractivity contribution is -0.126. The first-order chi connectivity index (χ1) is 8.09. The number of carbonyl (C=O) groups excluding carboxylic acids is 1. The van der Waals surface area contributed by atoms with Gasteiger partial charge in [-0.2, -0.15) is 5.10 Å². The number of carbonyl (C=O) groups is 1. The van der Waals surface area contributed by atoms with Crippen LogP contribution < -0.4 is 5.32 Å². The number of aromatic nitrogens is 4. The Morgan fingerprint density at radius 2 is 2.24 bits per heavy atom. The van der Waals surface area contributed by atoms with Crippen LogP contribution in [0.1, 0.15) is 0 Å². The van der Waals surface area contributed by atoms with E-state index in [0.717, 1.165) is 11.0 Å². The summed E-state index contributed by atoms with van der Waals surface area (Å²) >= 11 is 0. The van der Waals surface area contributed by atoms with Crippen LogP contribution in [0.4, 0.5) is 5.82 Å². The maximum Gasteiger partial charge on any atom is 0.241 e. The van der Waals surface area contributed by atoms with Gasteiger partial charge in [0.05, 0.1) is 18.1 Å². The molecular formula is C10H14N6O. The molecule has 0 aliphatic carbocycles. The molecule has 0 saturated heterocycles. The van der Waals surface area contributed by atoms with Gasteiger partial charge in [0.1, 0.15) is 12.1 Å². The Kier molecular flexibility index (Phi) is 2.90. The summed E-state index contributed by atoms with van der Waals surface area (Å²) < 4.78 is 1.66. The summed E-state index contributed by atoms with van der Waals surface area (Å²) in [7, 11) is 5.23. The maximum atomic E-state index is 11.5. The zero-order valence-electron chi connectivity index (χ0n) is 10.0. The molecule has 2 heterocycles. The van der Waals surface area contributed by atoms with Gasteiger partial charge in [-0.3, -0.25) is 9.48 Å². The van der Waals surface area contributed by atoms with E-state index in [0.29, 0.717) is 5.82 Å². The van der Waals surface area contributed by atoms with E-state index in [4.69, 9.17) is 0 Å². The summed E-state index contributed by atoms with van der Waals surface area (Å²) in [5.74, 6) is 0.610. The summed E-state index contributed by atoms with van der Waals surface area (Å²) in [6.45, 7) is 0.202. The number of fused-ring (bicyclic) bond motifs is 1. The fourth-order valence-corrected chi connectivity index (χ4v) is 1.42. The largest absolute Gasteiger partial charge is 0.360 e. The number of anilines is 1. The second kappa shape index (κ2) is 4.36. The zero-order chi connectivity index (χ0) is 12.4. The number of rotatable bonds is 3. The van der Waals surface area contributed by atoms with E-state index in [9.17, 15) is 4.79 Å². The van der Waals surface area contributed by atoms with E-state index in [1.165, 1.54) is 11.2 Å². The van der Waals surface area contributed by atoms with Crippen molar-refractivity contribution < 1.29 is 4.79 Å². The summed E-state index contributed by atoms with van der Waals surface area (Å²) in [5.41, 5.74) is 0.736. The standard InChI is InChI=1S/C10H14N6O/c1-15(2)8(17)5-11-9-7-4-14-16(3)10(7)13-6-12-9/h4,6H,5H2,1-3H3,(H,11,12,13). The summed E-state index contributed by atoms with van der Waals surface area (Å²) in [5, 5.41) is 7.89. The molecule has 0 aliphatic heterocycles. The molecule has 0 aliphatic rings. The minimum atomic E-state index is -0.0133. The zero-order valence-corrected chi connectivity index (χ0v) is 10.0. The molecule has 0 radical (unpaired) electrons. The molecule has 7 heteroatoms. The van der Waals surface area contributed by atoms with Crippen LogP contribution in [0.5, 0.6) is 0 Å². The first-order valence-electron chi connectivity index (χ1n) is 5.16. The van der Waals surface area contributed by atoms with Crippen LogP contribution in [-0.4, -0.2) is 51.2 Å². The number of amides is 1. The second-order valence-electron chi connectivity index (χ2n) is 3.87. The molecular weight excluding hydrogens is 220 g/mol. The van der Waals surface area contributed by atoms with Crippen LogP contribution in [0.2, 0.25) is 0 Å². The van der Waals surface area contributed by atoms with Gasteiger partial charge < -0.3 is 10.2 Å². The lowest BCUT2D eigenvalue weighted by Gasteiger charge is -2.11. The molecule has 0 saturated carbocycles. The minimum Gasteiger partial charge on any atom is -0.360 e. The van der Waals surface area contributed by atoms with E-state index in [2.05, 4.69) is 20.4 Å². The van der Waals surface area contributed by atoms with Crippen molar-refractivity contribution in [3.8, 4) is 0 Å². The monoisotopic (exact) mass is 234 g/mol. The van der Waals surface area contributed by atoms with E-state index in [1.807, 2.05) is 7.05 Å². The first kappa shape index (κ1) is 11.3. The smallest absolute Gasteiger partial charge is 0.241 e. The van der Waals surface area contributed by atoms with E-state index in [1.54, 1.807) is 25.0 Å². The highest BCUT2D eigenvalue weighted by molar-refractivity contribution is 5.88. The fourth-order valence-electron chi connectivity index (χ4n) is 1.42. The van der Waals surface area contributed by atoms with Crippen molar-refractivity contribution in [1.29, 1.82) is 0 Å². The molecule has 2 aromatic heterocycles. The minimum absolute atomic E-state index is 0.0133. The summed E-state index contributed by atoms with van der Waals surface area (Å²) in [6.07, 6.45) is 3.13. The predicted molar refractivity (Wildman–Crippen MR) is 63.5 cm³/mol. The van der Waals surface area contributed by atoms with Gasteiger partial charge in [-0.1, -0.05) is 0 Å². The first-order valence-corrected chi connectivity index (χ1v) is 5.16. The van der Waals surface area contributed by atoms with E-state index >= 15 is 0 Å². The molecule has 2 aromatic rings. The lowest BCUT2D eigenvalue weighted by Crippen LogP contribution is -2.28. The summed E-state index contributed by atoms with van der Waals surface area (Å²) in [4.78, 5) is 21.2. The van der Waals surface area contributed by atoms with Crippen molar-refractivity contribution in [2.75, 3.05) is 26.0 Å². The highest BCUT2D eigenvalue weighted by Crippen LogP contribution is 2.17. The Labute approximate surface area is 98.5 Å². The highest BCUT2D eigenvalue weighted by Gasteiger charge is 2.09. The summed E-state index contributed by atoms with van der Waals surface area (Å²) in [6, 6.07) is 0. The Balaban J connectivity index is 2.22. The maximum absolute atomic E-state index is 11.5. The van der Waals surface area contributed by atoms with Crippen molar-refractivity contribution in [3.05, 3.63) is 12.5 Å². The van der Waals surface area contributed by atoms with Gasteiger partial charge in [0.2, 0.25) is 5.91 Å². The Morgan fingerprint density at radius 1 is 1.47 bits per heavy atom. The molecule has 0 unspecified atom stereocenters. The SMILES string of the molecule is CN(C)C(=O)CNc1ncnc2c1cnn2C.